The van der Waals surface area contributed by atoms with E-state index >= 15 is 0 Å². The molecule has 0 aromatic carbocycles. The number of rotatable bonds is 2. The van der Waals surface area contributed by atoms with Crippen LogP contribution in [0.3, 0.4) is 0 Å². The first-order valence-corrected chi connectivity index (χ1v) is 3.96. The van der Waals surface area contributed by atoms with Crippen molar-refractivity contribution in [1.29, 1.82) is 0 Å². The van der Waals surface area contributed by atoms with E-state index in [1.807, 2.05) is 13.8 Å². The third kappa shape index (κ3) is 1.42. The standard InChI is InChI=1S/C6H11N3OS/c1-3-4(2)9-5(10)7-8-6(9)11/h4H,3H2,1-2H3,(H,7,10)(H,8,11)/t4-/m1/s1. The van der Waals surface area contributed by atoms with Gasteiger partial charge in [-0.05, 0) is 25.6 Å². The van der Waals surface area contributed by atoms with Crippen LogP contribution in [0.25, 0.3) is 0 Å². The van der Waals surface area contributed by atoms with E-state index in [9.17, 15) is 4.79 Å². The first kappa shape index (κ1) is 8.26. The molecule has 62 valence electrons. The van der Waals surface area contributed by atoms with Gasteiger partial charge in [0.05, 0.1) is 0 Å². The maximum Gasteiger partial charge on any atom is 0.342 e. The Bertz CT molecular complexity index is 307. The van der Waals surface area contributed by atoms with Crippen molar-refractivity contribution in [3.63, 3.8) is 0 Å². The Morgan fingerprint density at radius 3 is 2.64 bits per heavy atom. The molecular weight excluding hydrogens is 162 g/mol. The first-order chi connectivity index (χ1) is 5.16. The normalized spacial score (nSPS) is 13.3. The van der Waals surface area contributed by atoms with E-state index in [1.165, 1.54) is 4.57 Å². The smallest absolute Gasteiger partial charge is 0.272 e. The van der Waals surface area contributed by atoms with E-state index in [-0.39, 0.29) is 11.7 Å². The van der Waals surface area contributed by atoms with E-state index in [4.69, 9.17) is 12.2 Å². The van der Waals surface area contributed by atoms with Crippen LogP contribution < -0.4 is 5.69 Å². The molecule has 0 aliphatic rings. The van der Waals surface area contributed by atoms with Gasteiger partial charge < -0.3 is 0 Å². The topological polar surface area (TPSA) is 53.6 Å². The molecule has 0 spiro atoms. The van der Waals surface area contributed by atoms with E-state index in [2.05, 4.69) is 10.2 Å². The lowest BCUT2D eigenvalue weighted by molar-refractivity contribution is 0.510. The van der Waals surface area contributed by atoms with Crippen LogP contribution in [0.5, 0.6) is 0 Å². The quantitative estimate of drug-likeness (QED) is 0.660. The Hall–Kier alpha value is -0.840. The summed E-state index contributed by atoms with van der Waals surface area (Å²) in [5.74, 6) is 0. The number of nitrogens with zero attached hydrogens (tertiary/aromatic N) is 1. The first-order valence-electron chi connectivity index (χ1n) is 3.56. The third-order valence-electron chi connectivity index (χ3n) is 1.75. The SMILES string of the molecule is CC[C@@H](C)n1c(=O)[nH][nH]c1=S. The Morgan fingerprint density at radius 2 is 2.27 bits per heavy atom. The Balaban J connectivity index is 3.21. The zero-order valence-electron chi connectivity index (χ0n) is 6.55. The maximum absolute atomic E-state index is 11.0. The second-order valence-electron chi connectivity index (χ2n) is 2.49. The highest BCUT2D eigenvalue weighted by Crippen LogP contribution is 2.05. The highest BCUT2D eigenvalue weighted by atomic mass is 32.1. The van der Waals surface area contributed by atoms with Crippen molar-refractivity contribution in [3.8, 4) is 0 Å². The molecule has 0 bridgehead atoms. The Morgan fingerprint density at radius 1 is 1.64 bits per heavy atom. The van der Waals surface area contributed by atoms with Crippen LogP contribution in [-0.2, 0) is 0 Å². The monoisotopic (exact) mass is 173 g/mol. The summed E-state index contributed by atoms with van der Waals surface area (Å²) in [6, 6.07) is 0.164. The summed E-state index contributed by atoms with van der Waals surface area (Å²) >= 11 is 4.89. The van der Waals surface area contributed by atoms with E-state index in [0.717, 1.165) is 6.42 Å². The van der Waals surface area contributed by atoms with Crippen molar-refractivity contribution in [3.05, 3.63) is 15.3 Å². The maximum atomic E-state index is 11.0. The second kappa shape index (κ2) is 3.04. The van der Waals surface area contributed by atoms with Crippen LogP contribution in [0.4, 0.5) is 0 Å². The van der Waals surface area contributed by atoms with Gasteiger partial charge in [0.25, 0.3) is 0 Å². The zero-order valence-corrected chi connectivity index (χ0v) is 7.36. The van der Waals surface area contributed by atoms with Crippen LogP contribution in [0.2, 0.25) is 0 Å². The minimum Gasteiger partial charge on any atom is -0.272 e. The van der Waals surface area contributed by atoms with Crippen molar-refractivity contribution < 1.29 is 0 Å². The Kier molecular flexibility index (Phi) is 2.28. The molecule has 0 aliphatic carbocycles. The van der Waals surface area contributed by atoms with Crippen molar-refractivity contribution in [2.75, 3.05) is 0 Å². The van der Waals surface area contributed by atoms with Crippen molar-refractivity contribution in [2.45, 2.75) is 26.3 Å². The van der Waals surface area contributed by atoms with Gasteiger partial charge in [0.2, 0.25) is 0 Å². The number of nitrogens with one attached hydrogen (secondary N) is 2. The largest absolute Gasteiger partial charge is 0.342 e. The summed E-state index contributed by atoms with van der Waals surface area (Å²) in [6.45, 7) is 3.97. The third-order valence-corrected chi connectivity index (χ3v) is 2.04. The zero-order chi connectivity index (χ0) is 8.43. The average molecular weight is 173 g/mol. The van der Waals surface area contributed by atoms with Crippen molar-refractivity contribution in [1.82, 2.24) is 14.8 Å². The fourth-order valence-electron chi connectivity index (χ4n) is 0.903. The number of hydrogen-bond acceptors (Lipinski definition) is 2. The highest BCUT2D eigenvalue weighted by Gasteiger charge is 2.05. The van der Waals surface area contributed by atoms with Crippen molar-refractivity contribution >= 4 is 12.2 Å². The van der Waals surface area contributed by atoms with Gasteiger partial charge in [0.1, 0.15) is 0 Å². The predicted octanol–water partition coefficient (Wildman–Crippen LogP) is 1.20. The molecule has 0 radical (unpaired) electrons. The molecule has 1 aromatic rings. The lowest BCUT2D eigenvalue weighted by Crippen LogP contribution is -2.20. The van der Waals surface area contributed by atoms with Gasteiger partial charge in [-0.15, -0.1) is 0 Å². The fourth-order valence-corrected chi connectivity index (χ4v) is 1.22. The van der Waals surface area contributed by atoms with Crippen LogP contribution in [0, 0.1) is 4.77 Å². The van der Waals surface area contributed by atoms with Gasteiger partial charge in [-0.1, -0.05) is 6.92 Å². The van der Waals surface area contributed by atoms with Gasteiger partial charge >= 0.3 is 5.69 Å². The average Bonchev–Trinajstić information content (AvgIpc) is 2.30. The molecule has 0 saturated carbocycles. The highest BCUT2D eigenvalue weighted by molar-refractivity contribution is 7.71. The molecule has 1 rings (SSSR count). The molecule has 0 amide bonds. The summed E-state index contributed by atoms with van der Waals surface area (Å²) in [6.07, 6.45) is 0.898. The summed E-state index contributed by atoms with van der Waals surface area (Å²) in [5.41, 5.74) is -0.163. The fraction of sp³-hybridized carbons (Fsp3) is 0.667. The molecule has 1 atom stereocenters. The number of hydrogen-bond donors (Lipinski definition) is 2. The lowest BCUT2D eigenvalue weighted by atomic mass is 10.3. The molecule has 2 N–H and O–H groups in total. The molecular formula is C6H11N3OS. The van der Waals surface area contributed by atoms with Crippen LogP contribution in [0.15, 0.2) is 4.79 Å². The van der Waals surface area contributed by atoms with Gasteiger partial charge in [0, 0.05) is 6.04 Å². The van der Waals surface area contributed by atoms with E-state index in [1.54, 1.807) is 0 Å². The van der Waals surface area contributed by atoms with Gasteiger partial charge in [-0.25, -0.2) is 9.89 Å². The number of aromatic amines is 2. The predicted molar refractivity (Wildman–Crippen MR) is 45.2 cm³/mol. The minimum absolute atomic E-state index is 0.163. The summed E-state index contributed by atoms with van der Waals surface area (Å²) in [7, 11) is 0. The van der Waals surface area contributed by atoms with Crippen molar-refractivity contribution in [2.24, 2.45) is 0 Å². The molecule has 4 nitrogen and oxygen atoms in total. The van der Waals surface area contributed by atoms with E-state index < -0.39 is 0 Å². The molecule has 5 heteroatoms. The van der Waals surface area contributed by atoms with Gasteiger partial charge in [0.15, 0.2) is 4.77 Å². The number of H-pyrrole nitrogens is 2. The lowest BCUT2D eigenvalue weighted by Gasteiger charge is -2.06. The Labute approximate surface area is 69.2 Å². The van der Waals surface area contributed by atoms with E-state index in [0.29, 0.717) is 4.77 Å². The molecule has 0 unspecified atom stereocenters. The second-order valence-corrected chi connectivity index (χ2v) is 2.87. The van der Waals surface area contributed by atoms with Crippen LogP contribution in [-0.4, -0.2) is 14.8 Å². The molecule has 0 saturated heterocycles. The molecule has 1 heterocycles. The summed E-state index contributed by atoms with van der Waals surface area (Å²) < 4.78 is 2.00. The molecule has 0 aliphatic heterocycles. The van der Waals surface area contributed by atoms with Gasteiger partial charge in [-0.2, -0.15) is 0 Å². The van der Waals surface area contributed by atoms with Crippen LogP contribution >= 0.6 is 12.2 Å². The summed E-state index contributed by atoms with van der Waals surface area (Å²) in [5, 5.41) is 5.02. The molecule has 0 fully saturated rings. The molecule has 1 aromatic heterocycles. The minimum atomic E-state index is -0.163. The van der Waals surface area contributed by atoms with Gasteiger partial charge in [-0.3, -0.25) is 9.67 Å². The number of aromatic nitrogens is 3. The summed E-state index contributed by atoms with van der Waals surface area (Å²) in [4.78, 5) is 11.0. The van der Waals surface area contributed by atoms with Crippen LogP contribution in [0.1, 0.15) is 26.3 Å². The molecule has 11 heavy (non-hydrogen) atoms.